The Morgan fingerprint density at radius 2 is 2.00 bits per heavy atom. The van der Waals surface area contributed by atoms with Gasteiger partial charge in [0.1, 0.15) is 29.5 Å². The van der Waals surface area contributed by atoms with Gasteiger partial charge in [-0.25, -0.2) is 4.39 Å². The van der Waals surface area contributed by atoms with Gasteiger partial charge in [-0.2, -0.15) is 0 Å². The van der Waals surface area contributed by atoms with Gasteiger partial charge in [-0.1, -0.05) is 18.2 Å². The molecule has 3 rings (SSSR count). The maximum atomic E-state index is 13.2. The second-order valence-corrected chi connectivity index (χ2v) is 6.11. The van der Waals surface area contributed by atoms with E-state index in [9.17, 15) is 4.39 Å². The topological polar surface area (TPSA) is 18.5 Å². The molecule has 2 aromatic carbocycles. The minimum absolute atomic E-state index is 0.252. The molecule has 22 heavy (non-hydrogen) atoms. The molecule has 0 atom stereocenters. The lowest BCUT2D eigenvalue weighted by atomic mass is 9.99. The fourth-order valence-corrected chi connectivity index (χ4v) is 2.51. The van der Waals surface area contributed by atoms with Gasteiger partial charge in [0.05, 0.1) is 0 Å². The van der Waals surface area contributed by atoms with Crippen molar-refractivity contribution in [3.8, 4) is 11.5 Å². The lowest BCUT2D eigenvalue weighted by molar-refractivity contribution is 0.158. The summed E-state index contributed by atoms with van der Waals surface area (Å²) in [4.78, 5) is 0. The molecule has 0 bridgehead atoms. The molecule has 0 radical (unpaired) electrons. The second kappa shape index (κ2) is 5.48. The highest BCUT2D eigenvalue weighted by Crippen LogP contribution is 2.36. The molecule has 1 aliphatic heterocycles. The van der Waals surface area contributed by atoms with E-state index in [1.807, 2.05) is 39.0 Å². The molecule has 3 heteroatoms. The molecular formula is C19H19FO2. The molecule has 2 nitrogen and oxygen atoms in total. The number of aryl methyl sites for hydroxylation is 1. The molecule has 0 N–H and O–H groups in total. The SMILES string of the molecule is Cc1cc(OCc2cccc(F)c2)cc2c1C=CC(C)(C)O2. The first-order chi connectivity index (χ1) is 10.4. The van der Waals surface area contributed by atoms with Crippen molar-refractivity contribution < 1.29 is 13.9 Å². The first kappa shape index (κ1) is 14.6. The van der Waals surface area contributed by atoms with E-state index < -0.39 is 0 Å². The summed E-state index contributed by atoms with van der Waals surface area (Å²) in [7, 11) is 0. The van der Waals surface area contributed by atoms with Crippen LogP contribution in [-0.2, 0) is 6.61 Å². The summed E-state index contributed by atoms with van der Waals surface area (Å²) in [6, 6.07) is 10.3. The zero-order valence-corrected chi connectivity index (χ0v) is 13.0. The van der Waals surface area contributed by atoms with Gasteiger partial charge in [-0.15, -0.1) is 0 Å². The first-order valence-corrected chi connectivity index (χ1v) is 7.33. The third-order valence-electron chi connectivity index (χ3n) is 3.64. The Hall–Kier alpha value is -2.29. The Kier molecular flexibility index (Phi) is 3.65. The molecule has 1 heterocycles. The number of halogens is 1. The minimum Gasteiger partial charge on any atom is -0.489 e. The van der Waals surface area contributed by atoms with Gasteiger partial charge in [0, 0.05) is 11.6 Å². The summed E-state index contributed by atoms with van der Waals surface area (Å²) < 4.78 is 25.0. The van der Waals surface area contributed by atoms with Crippen LogP contribution in [0.1, 0.15) is 30.5 Å². The molecule has 0 aromatic heterocycles. The van der Waals surface area contributed by atoms with Crippen LogP contribution in [0.15, 0.2) is 42.5 Å². The lowest BCUT2D eigenvalue weighted by Crippen LogP contribution is -2.27. The van der Waals surface area contributed by atoms with E-state index in [2.05, 4.69) is 12.2 Å². The van der Waals surface area contributed by atoms with Crippen molar-refractivity contribution in [1.29, 1.82) is 0 Å². The van der Waals surface area contributed by atoms with Gasteiger partial charge in [0.2, 0.25) is 0 Å². The monoisotopic (exact) mass is 298 g/mol. The van der Waals surface area contributed by atoms with Gasteiger partial charge < -0.3 is 9.47 Å². The molecule has 114 valence electrons. The molecular weight excluding hydrogens is 279 g/mol. The predicted octanol–water partition coefficient (Wildman–Crippen LogP) is 4.90. The average Bonchev–Trinajstić information content (AvgIpc) is 2.43. The molecule has 2 aromatic rings. The third kappa shape index (κ3) is 3.14. The van der Waals surface area contributed by atoms with Gasteiger partial charge in [0.15, 0.2) is 0 Å². The van der Waals surface area contributed by atoms with E-state index >= 15 is 0 Å². The summed E-state index contributed by atoms with van der Waals surface area (Å²) in [6.07, 6.45) is 4.14. The highest BCUT2D eigenvalue weighted by molar-refractivity contribution is 5.66. The number of hydrogen-bond acceptors (Lipinski definition) is 2. The van der Waals surface area contributed by atoms with Gasteiger partial charge in [0.25, 0.3) is 0 Å². The standard InChI is InChI=1S/C19H19FO2/c1-13-9-16(21-12-14-5-4-6-15(20)10-14)11-18-17(13)7-8-19(2,3)22-18/h4-11H,12H2,1-3H3. The first-order valence-electron chi connectivity index (χ1n) is 7.33. The molecule has 0 saturated carbocycles. The van der Waals surface area contributed by atoms with E-state index in [1.54, 1.807) is 6.07 Å². The van der Waals surface area contributed by atoms with Crippen LogP contribution >= 0.6 is 0 Å². The highest BCUT2D eigenvalue weighted by atomic mass is 19.1. The van der Waals surface area contributed by atoms with Gasteiger partial charge >= 0.3 is 0 Å². The normalized spacial score (nSPS) is 15.1. The van der Waals surface area contributed by atoms with Crippen molar-refractivity contribution in [2.45, 2.75) is 33.0 Å². The Balaban J connectivity index is 1.81. The second-order valence-electron chi connectivity index (χ2n) is 6.11. The van der Waals surface area contributed by atoms with Crippen LogP contribution in [0.5, 0.6) is 11.5 Å². The maximum Gasteiger partial charge on any atom is 0.131 e. The van der Waals surface area contributed by atoms with Crippen LogP contribution < -0.4 is 9.47 Å². The van der Waals surface area contributed by atoms with E-state index in [0.717, 1.165) is 28.2 Å². The van der Waals surface area contributed by atoms with Crippen molar-refractivity contribution >= 4 is 6.08 Å². The molecule has 0 saturated heterocycles. The van der Waals surface area contributed by atoms with Crippen molar-refractivity contribution in [3.63, 3.8) is 0 Å². The van der Waals surface area contributed by atoms with Crippen LogP contribution in [0.3, 0.4) is 0 Å². The Morgan fingerprint density at radius 3 is 2.77 bits per heavy atom. The quantitative estimate of drug-likeness (QED) is 0.802. The summed E-state index contributed by atoms with van der Waals surface area (Å²) in [6.45, 7) is 6.39. The Bertz CT molecular complexity index is 732. The fraction of sp³-hybridized carbons (Fsp3) is 0.263. The number of hydrogen-bond donors (Lipinski definition) is 0. The highest BCUT2D eigenvalue weighted by Gasteiger charge is 2.23. The summed E-state index contributed by atoms with van der Waals surface area (Å²) >= 11 is 0. The van der Waals surface area contributed by atoms with E-state index in [4.69, 9.17) is 9.47 Å². The lowest BCUT2D eigenvalue weighted by Gasteiger charge is -2.29. The molecule has 0 fully saturated rings. The molecule has 0 spiro atoms. The zero-order chi connectivity index (χ0) is 15.7. The van der Waals surface area contributed by atoms with Crippen LogP contribution in [-0.4, -0.2) is 5.60 Å². The van der Waals surface area contributed by atoms with Crippen molar-refractivity contribution in [3.05, 3.63) is 65.0 Å². The molecule has 1 aliphatic rings. The summed E-state index contributed by atoms with van der Waals surface area (Å²) in [5.74, 6) is 1.30. The molecule has 0 aliphatic carbocycles. The van der Waals surface area contributed by atoms with Crippen molar-refractivity contribution in [1.82, 2.24) is 0 Å². The Morgan fingerprint density at radius 1 is 1.18 bits per heavy atom. The minimum atomic E-state index is -0.319. The number of ether oxygens (including phenoxy) is 2. The largest absolute Gasteiger partial charge is 0.489 e. The van der Waals surface area contributed by atoms with Crippen LogP contribution in [0, 0.1) is 12.7 Å². The number of benzene rings is 2. The molecule has 0 amide bonds. The van der Waals surface area contributed by atoms with E-state index in [1.165, 1.54) is 12.1 Å². The number of rotatable bonds is 3. The average molecular weight is 298 g/mol. The summed E-state index contributed by atoms with van der Waals surface area (Å²) in [5, 5.41) is 0. The third-order valence-corrected chi connectivity index (χ3v) is 3.64. The van der Waals surface area contributed by atoms with Crippen LogP contribution in [0.4, 0.5) is 4.39 Å². The maximum absolute atomic E-state index is 13.2. The predicted molar refractivity (Wildman–Crippen MR) is 85.7 cm³/mol. The fourth-order valence-electron chi connectivity index (χ4n) is 2.51. The van der Waals surface area contributed by atoms with Crippen LogP contribution in [0.2, 0.25) is 0 Å². The molecule has 0 unspecified atom stereocenters. The van der Waals surface area contributed by atoms with Gasteiger partial charge in [-0.05, 0) is 56.2 Å². The van der Waals surface area contributed by atoms with E-state index in [-0.39, 0.29) is 11.4 Å². The van der Waals surface area contributed by atoms with Gasteiger partial charge in [-0.3, -0.25) is 0 Å². The number of fused-ring (bicyclic) bond motifs is 1. The summed E-state index contributed by atoms with van der Waals surface area (Å²) in [5.41, 5.74) is 2.66. The zero-order valence-electron chi connectivity index (χ0n) is 13.0. The van der Waals surface area contributed by atoms with Crippen molar-refractivity contribution in [2.75, 3.05) is 0 Å². The van der Waals surface area contributed by atoms with E-state index in [0.29, 0.717) is 6.61 Å². The Labute approximate surface area is 130 Å². The smallest absolute Gasteiger partial charge is 0.131 e. The van der Waals surface area contributed by atoms with Crippen molar-refractivity contribution in [2.24, 2.45) is 0 Å². The van der Waals surface area contributed by atoms with Crippen LogP contribution in [0.25, 0.3) is 6.08 Å².